The number of benzene rings is 2. The standard InChI is InChI=1S/C18H18Br2FNO3/c1-11-6-13(19)18(14(20)7-11)25-10-17(23)22(2)9-12-4-5-16(24-3)15(21)8-12/h4-8H,9-10H2,1-3H3. The van der Waals surface area contributed by atoms with Crippen LogP contribution in [0.2, 0.25) is 0 Å². The molecule has 0 fully saturated rings. The molecule has 7 heteroatoms. The van der Waals surface area contributed by atoms with Crippen molar-refractivity contribution in [2.75, 3.05) is 20.8 Å². The summed E-state index contributed by atoms with van der Waals surface area (Å²) in [5, 5.41) is 0. The first-order chi connectivity index (χ1) is 11.8. The first kappa shape index (κ1) is 19.7. The molecule has 1 amide bonds. The largest absolute Gasteiger partial charge is 0.494 e. The number of hydrogen-bond acceptors (Lipinski definition) is 3. The molecule has 0 bridgehead atoms. The maximum atomic E-state index is 13.7. The summed E-state index contributed by atoms with van der Waals surface area (Å²) in [5.41, 5.74) is 1.74. The molecule has 0 aromatic heterocycles. The van der Waals surface area contributed by atoms with Gasteiger partial charge in [0.25, 0.3) is 5.91 Å². The average Bonchev–Trinajstić information content (AvgIpc) is 2.53. The summed E-state index contributed by atoms with van der Waals surface area (Å²) in [5.74, 6) is 0.0817. The van der Waals surface area contributed by atoms with Gasteiger partial charge in [0.15, 0.2) is 18.2 Å². The van der Waals surface area contributed by atoms with E-state index in [1.165, 1.54) is 18.1 Å². The van der Waals surface area contributed by atoms with E-state index in [4.69, 9.17) is 9.47 Å². The van der Waals surface area contributed by atoms with E-state index >= 15 is 0 Å². The van der Waals surface area contributed by atoms with Gasteiger partial charge < -0.3 is 14.4 Å². The molecular formula is C18H18Br2FNO3. The Labute approximate surface area is 163 Å². The van der Waals surface area contributed by atoms with Gasteiger partial charge in [0.05, 0.1) is 16.1 Å². The van der Waals surface area contributed by atoms with Gasteiger partial charge in [0, 0.05) is 13.6 Å². The highest BCUT2D eigenvalue weighted by atomic mass is 79.9. The van der Waals surface area contributed by atoms with Crippen LogP contribution in [0.5, 0.6) is 11.5 Å². The maximum absolute atomic E-state index is 13.7. The van der Waals surface area contributed by atoms with E-state index in [9.17, 15) is 9.18 Å². The molecule has 0 aliphatic rings. The van der Waals surface area contributed by atoms with Gasteiger partial charge in [0.1, 0.15) is 5.75 Å². The number of rotatable bonds is 6. The molecule has 0 heterocycles. The van der Waals surface area contributed by atoms with E-state index in [0.717, 1.165) is 14.5 Å². The Bertz CT molecular complexity index is 760. The number of aryl methyl sites for hydroxylation is 1. The molecule has 0 spiro atoms. The lowest BCUT2D eigenvalue weighted by Gasteiger charge is -2.19. The number of halogens is 3. The maximum Gasteiger partial charge on any atom is 0.260 e. The van der Waals surface area contributed by atoms with Crippen molar-refractivity contribution >= 4 is 37.8 Å². The third kappa shape index (κ3) is 5.19. The quantitative estimate of drug-likeness (QED) is 0.608. The zero-order chi connectivity index (χ0) is 18.6. The van der Waals surface area contributed by atoms with E-state index < -0.39 is 5.82 Å². The summed E-state index contributed by atoms with van der Waals surface area (Å²) in [6.45, 7) is 2.13. The van der Waals surface area contributed by atoms with Gasteiger partial charge in [-0.25, -0.2) is 4.39 Å². The van der Waals surface area contributed by atoms with Crippen LogP contribution in [0.25, 0.3) is 0 Å². The molecule has 2 aromatic carbocycles. The van der Waals surface area contributed by atoms with Crippen molar-refractivity contribution < 1.29 is 18.7 Å². The average molecular weight is 475 g/mol. The molecule has 25 heavy (non-hydrogen) atoms. The Balaban J connectivity index is 1.98. The van der Waals surface area contributed by atoms with Gasteiger partial charge in [0.2, 0.25) is 0 Å². The Morgan fingerprint density at radius 3 is 2.40 bits per heavy atom. The van der Waals surface area contributed by atoms with Crippen LogP contribution in [-0.4, -0.2) is 31.6 Å². The third-order valence-electron chi connectivity index (χ3n) is 3.54. The SMILES string of the molecule is COc1ccc(CN(C)C(=O)COc2c(Br)cc(C)cc2Br)cc1F. The van der Waals surface area contributed by atoms with Gasteiger partial charge in [-0.05, 0) is 74.2 Å². The molecular weight excluding hydrogens is 457 g/mol. The van der Waals surface area contributed by atoms with Gasteiger partial charge in [-0.15, -0.1) is 0 Å². The molecule has 0 aliphatic carbocycles. The Hall–Kier alpha value is -1.60. The summed E-state index contributed by atoms with van der Waals surface area (Å²) >= 11 is 6.85. The Morgan fingerprint density at radius 2 is 1.84 bits per heavy atom. The molecule has 0 unspecified atom stereocenters. The Morgan fingerprint density at radius 1 is 1.20 bits per heavy atom. The summed E-state index contributed by atoms with van der Waals surface area (Å²) in [6, 6.07) is 8.44. The normalized spacial score (nSPS) is 10.5. The third-order valence-corrected chi connectivity index (χ3v) is 4.72. The number of hydrogen-bond donors (Lipinski definition) is 0. The van der Waals surface area contributed by atoms with E-state index in [2.05, 4.69) is 31.9 Å². The van der Waals surface area contributed by atoms with Crippen LogP contribution in [0, 0.1) is 12.7 Å². The first-order valence-electron chi connectivity index (χ1n) is 7.46. The van der Waals surface area contributed by atoms with Crippen molar-refractivity contribution in [2.24, 2.45) is 0 Å². The Kier molecular flexibility index (Phi) is 6.84. The fraction of sp³-hybridized carbons (Fsp3) is 0.278. The number of carbonyl (C=O) groups is 1. The zero-order valence-corrected chi connectivity index (χ0v) is 17.3. The van der Waals surface area contributed by atoms with Crippen molar-refractivity contribution in [3.05, 3.63) is 56.2 Å². The fourth-order valence-corrected chi connectivity index (χ4v) is 3.88. The van der Waals surface area contributed by atoms with E-state index in [1.807, 2.05) is 19.1 Å². The summed E-state index contributed by atoms with van der Waals surface area (Å²) in [6.07, 6.45) is 0. The molecule has 0 saturated carbocycles. The van der Waals surface area contributed by atoms with Crippen LogP contribution >= 0.6 is 31.9 Å². The number of nitrogens with zero attached hydrogens (tertiary/aromatic N) is 1. The van der Waals surface area contributed by atoms with E-state index in [-0.39, 0.29) is 24.8 Å². The second kappa shape index (κ2) is 8.67. The van der Waals surface area contributed by atoms with Crippen molar-refractivity contribution in [3.8, 4) is 11.5 Å². The summed E-state index contributed by atoms with van der Waals surface area (Å²) in [4.78, 5) is 13.8. The van der Waals surface area contributed by atoms with Crippen LogP contribution in [0.3, 0.4) is 0 Å². The minimum atomic E-state index is -0.454. The second-order valence-corrected chi connectivity index (χ2v) is 7.27. The monoisotopic (exact) mass is 473 g/mol. The van der Waals surface area contributed by atoms with Crippen molar-refractivity contribution in [1.29, 1.82) is 0 Å². The highest BCUT2D eigenvalue weighted by Gasteiger charge is 2.14. The van der Waals surface area contributed by atoms with Crippen LogP contribution in [0.1, 0.15) is 11.1 Å². The summed E-state index contributed by atoms with van der Waals surface area (Å²) in [7, 11) is 3.06. The van der Waals surface area contributed by atoms with E-state index in [0.29, 0.717) is 11.3 Å². The molecule has 0 aliphatic heterocycles. The lowest BCUT2D eigenvalue weighted by molar-refractivity contribution is -0.132. The highest BCUT2D eigenvalue weighted by Crippen LogP contribution is 2.34. The molecule has 0 radical (unpaired) electrons. The number of amides is 1. The lowest BCUT2D eigenvalue weighted by atomic mass is 10.2. The van der Waals surface area contributed by atoms with Gasteiger partial charge in [-0.2, -0.15) is 0 Å². The van der Waals surface area contributed by atoms with Gasteiger partial charge in [-0.3, -0.25) is 4.79 Å². The highest BCUT2D eigenvalue weighted by molar-refractivity contribution is 9.11. The summed E-state index contributed by atoms with van der Waals surface area (Å²) < 4.78 is 25.8. The van der Waals surface area contributed by atoms with Gasteiger partial charge >= 0.3 is 0 Å². The molecule has 0 atom stereocenters. The molecule has 2 aromatic rings. The smallest absolute Gasteiger partial charge is 0.260 e. The van der Waals surface area contributed by atoms with Crippen LogP contribution < -0.4 is 9.47 Å². The van der Waals surface area contributed by atoms with Crippen molar-refractivity contribution in [2.45, 2.75) is 13.5 Å². The topological polar surface area (TPSA) is 38.8 Å². The molecule has 0 saturated heterocycles. The molecule has 2 rings (SSSR count). The number of likely N-dealkylation sites (N-methyl/N-ethyl adjacent to an activating group) is 1. The minimum absolute atomic E-state index is 0.116. The molecule has 4 nitrogen and oxygen atoms in total. The lowest BCUT2D eigenvalue weighted by Crippen LogP contribution is -2.31. The number of carbonyl (C=O) groups excluding carboxylic acids is 1. The molecule has 134 valence electrons. The van der Waals surface area contributed by atoms with E-state index in [1.54, 1.807) is 19.2 Å². The van der Waals surface area contributed by atoms with Crippen molar-refractivity contribution in [1.82, 2.24) is 4.90 Å². The van der Waals surface area contributed by atoms with Crippen molar-refractivity contribution in [3.63, 3.8) is 0 Å². The molecule has 0 N–H and O–H groups in total. The van der Waals surface area contributed by atoms with Crippen LogP contribution in [0.15, 0.2) is 39.3 Å². The second-order valence-electron chi connectivity index (χ2n) is 5.57. The first-order valence-corrected chi connectivity index (χ1v) is 9.05. The van der Waals surface area contributed by atoms with Crippen LogP contribution in [-0.2, 0) is 11.3 Å². The zero-order valence-electron chi connectivity index (χ0n) is 14.1. The predicted molar refractivity (Wildman–Crippen MR) is 102 cm³/mol. The predicted octanol–water partition coefficient (Wildman–Crippen LogP) is 4.71. The van der Waals surface area contributed by atoms with Crippen LogP contribution in [0.4, 0.5) is 4.39 Å². The number of ether oxygens (including phenoxy) is 2. The fourth-order valence-electron chi connectivity index (χ4n) is 2.24. The van der Waals surface area contributed by atoms with Gasteiger partial charge in [-0.1, -0.05) is 6.07 Å². The minimum Gasteiger partial charge on any atom is -0.494 e. The number of methoxy groups -OCH3 is 1.